The van der Waals surface area contributed by atoms with Gasteiger partial charge in [-0.15, -0.1) is 11.8 Å². The predicted octanol–water partition coefficient (Wildman–Crippen LogP) is 4.00. The van der Waals surface area contributed by atoms with Crippen LogP contribution in [0, 0.1) is 11.3 Å². The van der Waals surface area contributed by atoms with Gasteiger partial charge in [0.05, 0.1) is 36.6 Å². The maximum atomic E-state index is 13.2. The number of para-hydroxylation sites is 1. The zero-order valence-electron chi connectivity index (χ0n) is 16.4. The zero-order chi connectivity index (χ0) is 21.5. The number of nitrogens with zero attached hydrogens (tertiary/aromatic N) is 2. The molecule has 4 rings (SSSR count). The molecule has 1 saturated heterocycles. The Bertz CT molecular complexity index is 1080. The third-order valence-corrected chi connectivity index (χ3v) is 6.90. The Kier molecular flexibility index (Phi) is 5.41. The van der Waals surface area contributed by atoms with Gasteiger partial charge in [0.1, 0.15) is 0 Å². The summed E-state index contributed by atoms with van der Waals surface area (Å²) in [6.07, 6.45) is 0.0341. The number of methoxy groups -OCH3 is 2. The quantitative estimate of drug-likeness (QED) is 0.770. The number of nitriles is 1. The molecule has 1 N–H and O–H groups in total. The number of carbonyl (C=O) groups excluding carboxylic acids is 1. The Hall–Kier alpha value is -2.66. The van der Waals surface area contributed by atoms with Gasteiger partial charge in [-0.3, -0.25) is 9.69 Å². The van der Waals surface area contributed by atoms with Gasteiger partial charge in [0.15, 0.2) is 17.2 Å². The third-order valence-electron chi connectivity index (χ3n) is 5.43. The van der Waals surface area contributed by atoms with E-state index in [9.17, 15) is 15.2 Å². The maximum Gasteiger partial charge on any atom is 0.231 e. The first-order chi connectivity index (χ1) is 14.4. The van der Waals surface area contributed by atoms with Crippen molar-refractivity contribution in [1.29, 1.82) is 5.26 Å². The number of hydrogen-bond donors (Lipinski definition) is 1. The highest BCUT2D eigenvalue weighted by Gasteiger charge is 2.52. The van der Waals surface area contributed by atoms with E-state index in [-0.39, 0.29) is 18.1 Å². The molecule has 30 heavy (non-hydrogen) atoms. The lowest BCUT2D eigenvalue weighted by Crippen LogP contribution is -2.48. The smallest absolute Gasteiger partial charge is 0.231 e. The molecular weight excluding hydrogens is 424 g/mol. The number of benzene rings is 2. The monoisotopic (exact) mass is 442 g/mol. The van der Waals surface area contributed by atoms with E-state index in [1.807, 2.05) is 6.07 Å². The predicted molar refractivity (Wildman–Crippen MR) is 114 cm³/mol. The van der Waals surface area contributed by atoms with Gasteiger partial charge in [0, 0.05) is 28.5 Å². The van der Waals surface area contributed by atoms with E-state index < -0.39 is 11.6 Å². The topological polar surface area (TPSA) is 82.8 Å². The molecule has 0 unspecified atom stereocenters. The van der Waals surface area contributed by atoms with Crippen molar-refractivity contribution in [2.24, 2.45) is 0 Å². The van der Waals surface area contributed by atoms with Gasteiger partial charge in [0.2, 0.25) is 5.91 Å². The van der Waals surface area contributed by atoms with Crippen molar-refractivity contribution in [2.45, 2.75) is 18.1 Å². The van der Waals surface area contributed by atoms with Crippen LogP contribution in [0.15, 0.2) is 53.1 Å². The number of aliphatic hydroxyl groups is 1. The third kappa shape index (κ3) is 3.12. The number of ether oxygens (including phenoxy) is 2. The van der Waals surface area contributed by atoms with E-state index in [4.69, 9.17) is 21.1 Å². The van der Waals surface area contributed by atoms with Crippen LogP contribution >= 0.6 is 23.4 Å². The van der Waals surface area contributed by atoms with Crippen LogP contribution in [0.1, 0.15) is 23.5 Å². The molecule has 0 radical (unpaired) electrons. The van der Waals surface area contributed by atoms with Gasteiger partial charge in [-0.05, 0) is 18.2 Å². The lowest BCUT2D eigenvalue weighted by atomic mass is 9.84. The molecule has 2 aliphatic heterocycles. The molecule has 6 nitrogen and oxygen atoms in total. The first kappa shape index (κ1) is 20.6. The lowest BCUT2D eigenvalue weighted by molar-refractivity contribution is -0.149. The highest BCUT2D eigenvalue weighted by molar-refractivity contribution is 8.03. The number of allylic oxidation sites excluding steroid dienone is 1. The Balaban J connectivity index is 1.83. The van der Waals surface area contributed by atoms with Crippen molar-refractivity contribution >= 4 is 29.3 Å². The van der Waals surface area contributed by atoms with E-state index in [1.165, 1.54) is 30.9 Å². The Morgan fingerprint density at radius 2 is 1.97 bits per heavy atom. The fourth-order valence-electron chi connectivity index (χ4n) is 4.01. The second-order valence-electron chi connectivity index (χ2n) is 7.01. The summed E-state index contributed by atoms with van der Waals surface area (Å²) < 4.78 is 10.9. The molecule has 2 atom stereocenters. The molecule has 2 aromatic carbocycles. The summed E-state index contributed by atoms with van der Waals surface area (Å²) in [7, 11) is 3.07. The van der Waals surface area contributed by atoms with Gasteiger partial charge in [-0.25, -0.2) is 0 Å². The summed E-state index contributed by atoms with van der Waals surface area (Å²) in [5.41, 5.74) is 0.151. The fraction of sp³-hybridized carbons (Fsp3) is 0.273. The van der Waals surface area contributed by atoms with Gasteiger partial charge in [0.25, 0.3) is 0 Å². The van der Waals surface area contributed by atoms with E-state index >= 15 is 0 Å². The molecule has 0 aliphatic carbocycles. The summed E-state index contributed by atoms with van der Waals surface area (Å²) in [5, 5.41) is 22.4. The molecule has 2 aromatic rings. The van der Waals surface area contributed by atoms with Crippen LogP contribution in [0.4, 0.5) is 0 Å². The molecule has 154 valence electrons. The number of carbonyl (C=O) groups is 1. The zero-order valence-corrected chi connectivity index (χ0v) is 18.0. The Morgan fingerprint density at radius 3 is 2.60 bits per heavy atom. The van der Waals surface area contributed by atoms with Crippen LogP contribution in [0.2, 0.25) is 5.02 Å². The highest BCUT2D eigenvalue weighted by Crippen LogP contribution is 2.53. The second-order valence-corrected chi connectivity index (χ2v) is 8.41. The van der Waals surface area contributed by atoms with Crippen LogP contribution in [0.3, 0.4) is 0 Å². The fourth-order valence-corrected chi connectivity index (χ4v) is 5.49. The highest BCUT2D eigenvalue weighted by atomic mass is 35.5. The summed E-state index contributed by atoms with van der Waals surface area (Å²) in [5.74, 6) is 0.503. The lowest BCUT2D eigenvalue weighted by Gasteiger charge is -2.38. The normalized spacial score (nSPS) is 23.2. The Labute approximate surface area is 183 Å². The van der Waals surface area contributed by atoms with Crippen LogP contribution in [0.5, 0.6) is 11.5 Å². The van der Waals surface area contributed by atoms with Gasteiger partial charge in [-0.2, -0.15) is 5.26 Å². The summed E-state index contributed by atoms with van der Waals surface area (Å²) in [4.78, 5) is 14.6. The average molecular weight is 443 g/mol. The molecule has 2 aliphatic rings. The number of thioether (sulfide) groups is 1. The standard InChI is InChI=1S/C22H19ClN2O4S/c1-28-18-5-3-4-15(20(18)29-2)16-10-19(26)25-21(17(16)11-24)30-12-22(25,27)13-6-8-14(23)9-7-13/h3-9,16,27H,10,12H2,1-2H3/t16-,22+/m1/s1. The average Bonchev–Trinajstić information content (AvgIpc) is 3.12. The number of amides is 1. The minimum absolute atomic E-state index is 0.0341. The van der Waals surface area contributed by atoms with Crippen molar-refractivity contribution in [2.75, 3.05) is 20.0 Å². The molecule has 1 amide bonds. The first-order valence-electron chi connectivity index (χ1n) is 9.24. The van der Waals surface area contributed by atoms with Crippen LogP contribution in [-0.2, 0) is 10.5 Å². The molecule has 0 spiro atoms. The molecule has 2 heterocycles. The van der Waals surface area contributed by atoms with Crippen molar-refractivity contribution in [1.82, 2.24) is 4.90 Å². The summed E-state index contributed by atoms with van der Waals surface area (Å²) >= 11 is 7.27. The van der Waals surface area contributed by atoms with Gasteiger partial charge >= 0.3 is 0 Å². The number of fused-ring (bicyclic) bond motifs is 1. The molecule has 0 aromatic heterocycles. The molecule has 0 saturated carbocycles. The molecular formula is C22H19ClN2O4S. The molecule has 1 fully saturated rings. The number of rotatable bonds is 4. The van der Waals surface area contributed by atoms with Crippen molar-refractivity contribution in [3.05, 3.63) is 69.2 Å². The second kappa shape index (κ2) is 7.88. The Morgan fingerprint density at radius 1 is 1.23 bits per heavy atom. The number of halogens is 1. The van der Waals surface area contributed by atoms with Crippen LogP contribution in [0.25, 0.3) is 0 Å². The SMILES string of the molecule is COc1cccc([C@H]2CC(=O)N3C(=C2C#N)SC[C@]3(O)c2ccc(Cl)cc2)c1OC. The van der Waals surface area contributed by atoms with Crippen molar-refractivity contribution in [3.8, 4) is 17.6 Å². The number of hydrogen-bond acceptors (Lipinski definition) is 6. The minimum atomic E-state index is -1.53. The van der Waals surface area contributed by atoms with Crippen molar-refractivity contribution < 1.29 is 19.4 Å². The largest absolute Gasteiger partial charge is 0.493 e. The maximum absolute atomic E-state index is 13.2. The summed E-state index contributed by atoms with van der Waals surface area (Å²) in [6.45, 7) is 0. The van der Waals surface area contributed by atoms with Gasteiger partial charge in [-0.1, -0.05) is 35.9 Å². The van der Waals surface area contributed by atoms with E-state index in [0.717, 1.165) is 0 Å². The van der Waals surface area contributed by atoms with E-state index in [2.05, 4.69) is 6.07 Å². The van der Waals surface area contributed by atoms with Crippen LogP contribution in [-0.4, -0.2) is 35.9 Å². The van der Waals surface area contributed by atoms with E-state index in [1.54, 1.807) is 36.4 Å². The minimum Gasteiger partial charge on any atom is -0.493 e. The first-order valence-corrected chi connectivity index (χ1v) is 10.6. The van der Waals surface area contributed by atoms with Crippen LogP contribution < -0.4 is 9.47 Å². The molecule has 0 bridgehead atoms. The van der Waals surface area contributed by atoms with E-state index in [0.29, 0.717) is 38.3 Å². The summed E-state index contributed by atoms with van der Waals surface area (Å²) in [6, 6.07) is 14.4. The van der Waals surface area contributed by atoms with Crippen molar-refractivity contribution in [3.63, 3.8) is 0 Å². The van der Waals surface area contributed by atoms with Gasteiger partial charge < -0.3 is 14.6 Å². The molecule has 8 heteroatoms.